The van der Waals surface area contributed by atoms with Gasteiger partial charge in [0.2, 0.25) is 5.91 Å². The minimum atomic E-state index is 0.194. The molecule has 0 bridgehead atoms. The van der Waals surface area contributed by atoms with E-state index < -0.39 is 0 Å². The van der Waals surface area contributed by atoms with Crippen LogP contribution in [0.1, 0.15) is 37.3 Å². The van der Waals surface area contributed by atoms with Gasteiger partial charge in [0.1, 0.15) is 0 Å². The normalized spacial score (nSPS) is 14.6. The summed E-state index contributed by atoms with van der Waals surface area (Å²) in [6.45, 7) is 3.32. The number of hydrogen-bond acceptors (Lipinski definition) is 2. The standard InChI is InChI=1S/C15H22N2O/c1-2-12-3-5-13(6-4-12)11-17(14-7-8-14)15(18)9-10-16/h3-6,14H,2,7-11,16H2,1H3. The summed E-state index contributed by atoms with van der Waals surface area (Å²) < 4.78 is 0. The van der Waals surface area contributed by atoms with E-state index in [1.54, 1.807) is 0 Å². The van der Waals surface area contributed by atoms with E-state index in [1.807, 2.05) is 4.90 Å². The van der Waals surface area contributed by atoms with Gasteiger partial charge in [0.05, 0.1) is 0 Å². The number of carbonyl (C=O) groups excluding carboxylic acids is 1. The molecule has 2 N–H and O–H groups in total. The average molecular weight is 246 g/mol. The Morgan fingerprint density at radius 2 is 1.89 bits per heavy atom. The van der Waals surface area contributed by atoms with Gasteiger partial charge in [-0.1, -0.05) is 31.2 Å². The summed E-state index contributed by atoms with van der Waals surface area (Å²) in [5.74, 6) is 0.194. The molecule has 0 heterocycles. The Bertz CT molecular complexity index is 395. The van der Waals surface area contributed by atoms with Gasteiger partial charge in [-0.25, -0.2) is 0 Å². The van der Waals surface area contributed by atoms with E-state index in [9.17, 15) is 4.79 Å². The van der Waals surface area contributed by atoms with Crippen LogP contribution in [-0.4, -0.2) is 23.4 Å². The molecule has 3 heteroatoms. The van der Waals surface area contributed by atoms with Crippen molar-refractivity contribution in [2.45, 2.75) is 45.2 Å². The van der Waals surface area contributed by atoms with E-state index in [4.69, 9.17) is 5.73 Å². The number of amides is 1. The van der Waals surface area contributed by atoms with Gasteiger partial charge in [0.15, 0.2) is 0 Å². The van der Waals surface area contributed by atoms with E-state index in [-0.39, 0.29) is 5.91 Å². The van der Waals surface area contributed by atoms with Gasteiger partial charge in [-0.3, -0.25) is 4.79 Å². The van der Waals surface area contributed by atoms with Gasteiger partial charge < -0.3 is 10.6 Å². The third-order valence-electron chi connectivity index (χ3n) is 3.45. The van der Waals surface area contributed by atoms with Crippen LogP contribution >= 0.6 is 0 Å². The zero-order valence-corrected chi connectivity index (χ0v) is 11.1. The molecule has 1 aromatic rings. The lowest BCUT2D eigenvalue weighted by atomic mass is 10.1. The predicted molar refractivity (Wildman–Crippen MR) is 73.1 cm³/mol. The molecule has 0 aliphatic heterocycles. The molecule has 1 fully saturated rings. The van der Waals surface area contributed by atoms with Crippen molar-refractivity contribution in [3.8, 4) is 0 Å². The average Bonchev–Trinajstić information content (AvgIpc) is 3.21. The second-order valence-electron chi connectivity index (χ2n) is 4.96. The summed E-state index contributed by atoms with van der Waals surface area (Å²) in [6.07, 6.45) is 3.80. The summed E-state index contributed by atoms with van der Waals surface area (Å²) >= 11 is 0. The maximum absolute atomic E-state index is 12.0. The summed E-state index contributed by atoms with van der Waals surface area (Å²) in [5, 5.41) is 0. The second kappa shape index (κ2) is 6.01. The molecular formula is C15H22N2O. The number of rotatable bonds is 6. The summed E-state index contributed by atoms with van der Waals surface area (Å²) in [7, 11) is 0. The van der Waals surface area contributed by atoms with Crippen LogP contribution < -0.4 is 5.73 Å². The van der Waals surface area contributed by atoms with Gasteiger partial charge in [-0.2, -0.15) is 0 Å². The fraction of sp³-hybridized carbons (Fsp3) is 0.533. The number of benzene rings is 1. The van der Waals surface area contributed by atoms with E-state index in [1.165, 1.54) is 11.1 Å². The van der Waals surface area contributed by atoms with Crippen LogP contribution in [0, 0.1) is 0 Å². The zero-order valence-electron chi connectivity index (χ0n) is 11.1. The van der Waals surface area contributed by atoms with Gasteiger partial charge in [-0.15, -0.1) is 0 Å². The Balaban J connectivity index is 2.01. The molecule has 1 saturated carbocycles. The maximum Gasteiger partial charge on any atom is 0.224 e. The molecule has 1 amide bonds. The monoisotopic (exact) mass is 246 g/mol. The van der Waals surface area contributed by atoms with Crippen LogP contribution in [0.5, 0.6) is 0 Å². The molecule has 0 unspecified atom stereocenters. The fourth-order valence-corrected chi connectivity index (χ4v) is 2.15. The first-order valence-corrected chi connectivity index (χ1v) is 6.82. The molecule has 0 spiro atoms. The highest BCUT2D eigenvalue weighted by molar-refractivity contribution is 5.77. The predicted octanol–water partition coefficient (Wildman–Crippen LogP) is 2.09. The minimum absolute atomic E-state index is 0.194. The van der Waals surface area contributed by atoms with E-state index >= 15 is 0 Å². The Morgan fingerprint density at radius 3 is 2.39 bits per heavy atom. The molecular weight excluding hydrogens is 224 g/mol. The van der Waals surface area contributed by atoms with Crippen molar-refractivity contribution in [3.05, 3.63) is 35.4 Å². The molecule has 18 heavy (non-hydrogen) atoms. The van der Waals surface area contributed by atoms with Gasteiger partial charge >= 0.3 is 0 Å². The quantitative estimate of drug-likeness (QED) is 0.835. The third kappa shape index (κ3) is 3.33. The summed E-state index contributed by atoms with van der Waals surface area (Å²) in [4.78, 5) is 14.0. The number of hydrogen-bond donors (Lipinski definition) is 1. The van der Waals surface area contributed by atoms with Gasteiger partial charge in [0.25, 0.3) is 0 Å². The Kier molecular flexibility index (Phi) is 4.37. The third-order valence-corrected chi connectivity index (χ3v) is 3.45. The molecule has 0 atom stereocenters. The number of aryl methyl sites for hydroxylation is 1. The number of carbonyl (C=O) groups is 1. The largest absolute Gasteiger partial charge is 0.335 e. The van der Waals surface area contributed by atoms with Crippen LogP contribution in [0.2, 0.25) is 0 Å². The van der Waals surface area contributed by atoms with Crippen molar-refractivity contribution in [3.63, 3.8) is 0 Å². The lowest BCUT2D eigenvalue weighted by Crippen LogP contribution is -2.33. The zero-order chi connectivity index (χ0) is 13.0. The highest BCUT2D eigenvalue weighted by Crippen LogP contribution is 2.28. The van der Waals surface area contributed by atoms with Crippen LogP contribution in [-0.2, 0) is 17.8 Å². The summed E-state index contributed by atoms with van der Waals surface area (Å²) in [6, 6.07) is 9.00. The fourth-order valence-electron chi connectivity index (χ4n) is 2.15. The molecule has 0 aromatic heterocycles. The maximum atomic E-state index is 12.0. The summed E-state index contributed by atoms with van der Waals surface area (Å²) in [5.41, 5.74) is 8.02. The topological polar surface area (TPSA) is 46.3 Å². The van der Waals surface area contributed by atoms with Crippen molar-refractivity contribution in [1.82, 2.24) is 4.90 Å². The van der Waals surface area contributed by atoms with Crippen molar-refractivity contribution in [2.75, 3.05) is 6.54 Å². The number of nitrogens with zero attached hydrogens (tertiary/aromatic N) is 1. The molecule has 1 aromatic carbocycles. The number of nitrogens with two attached hydrogens (primary N) is 1. The molecule has 1 aliphatic carbocycles. The van der Waals surface area contributed by atoms with Gasteiger partial charge in [-0.05, 0) is 30.4 Å². The smallest absolute Gasteiger partial charge is 0.224 e. The van der Waals surface area contributed by atoms with Crippen molar-refractivity contribution < 1.29 is 4.79 Å². The van der Waals surface area contributed by atoms with E-state index in [2.05, 4.69) is 31.2 Å². The van der Waals surface area contributed by atoms with Crippen molar-refractivity contribution >= 4 is 5.91 Å². The first kappa shape index (κ1) is 13.1. The second-order valence-corrected chi connectivity index (χ2v) is 4.96. The highest BCUT2D eigenvalue weighted by Gasteiger charge is 2.31. The van der Waals surface area contributed by atoms with Crippen molar-refractivity contribution in [2.24, 2.45) is 5.73 Å². The lowest BCUT2D eigenvalue weighted by molar-refractivity contribution is -0.132. The van der Waals surface area contributed by atoms with E-state index in [0.29, 0.717) is 19.0 Å². The van der Waals surface area contributed by atoms with Gasteiger partial charge in [0, 0.05) is 25.6 Å². The minimum Gasteiger partial charge on any atom is -0.335 e. The Morgan fingerprint density at radius 1 is 1.28 bits per heavy atom. The van der Waals surface area contributed by atoms with Crippen molar-refractivity contribution in [1.29, 1.82) is 0 Å². The molecule has 2 rings (SSSR count). The van der Waals surface area contributed by atoms with Crippen LogP contribution in [0.4, 0.5) is 0 Å². The Hall–Kier alpha value is -1.35. The molecule has 3 nitrogen and oxygen atoms in total. The van der Waals surface area contributed by atoms with Crippen LogP contribution in [0.15, 0.2) is 24.3 Å². The molecule has 1 aliphatic rings. The van der Waals surface area contributed by atoms with Crippen LogP contribution in [0.3, 0.4) is 0 Å². The first-order valence-electron chi connectivity index (χ1n) is 6.82. The van der Waals surface area contributed by atoms with E-state index in [0.717, 1.165) is 25.8 Å². The highest BCUT2D eigenvalue weighted by atomic mass is 16.2. The lowest BCUT2D eigenvalue weighted by Gasteiger charge is -2.22. The molecule has 0 saturated heterocycles. The SMILES string of the molecule is CCc1ccc(CN(C(=O)CCN)C2CC2)cc1. The van der Waals surface area contributed by atoms with Crippen LogP contribution in [0.25, 0.3) is 0 Å². The Labute approximate surface area is 109 Å². The molecule has 0 radical (unpaired) electrons. The first-order chi connectivity index (χ1) is 8.74. The molecule has 98 valence electrons.